The molecule has 1 aromatic heterocycles. The first-order chi connectivity index (χ1) is 10.1. The second kappa shape index (κ2) is 5.99. The number of hydrogen-bond donors (Lipinski definition) is 2. The zero-order valence-electron chi connectivity index (χ0n) is 11.1. The van der Waals surface area contributed by atoms with E-state index in [2.05, 4.69) is 26.5 Å². The van der Waals surface area contributed by atoms with Crippen molar-refractivity contribution in [2.45, 2.75) is 19.3 Å². The van der Waals surface area contributed by atoms with Gasteiger partial charge in [-0.25, -0.2) is 5.43 Å². The Kier molecular flexibility index (Phi) is 4.07. The SMILES string of the molecule is O=C(N/N=C/c1cc(Br)ccc1O)c1cc2c(s1)CCC2. The van der Waals surface area contributed by atoms with Gasteiger partial charge in [-0.1, -0.05) is 15.9 Å². The van der Waals surface area contributed by atoms with E-state index in [0.717, 1.165) is 17.3 Å². The number of fused-ring (bicyclic) bond motifs is 1. The van der Waals surface area contributed by atoms with Crippen LogP contribution in [0.15, 0.2) is 33.8 Å². The lowest BCUT2D eigenvalue weighted by molar-refractivity contribution is 0.0959. The molecule has 0 aliphatic heterocycles. The highest BCUT2D eigenvalue weighted by Gasteiger charge is 2.18. The van der Waals surface area contributed by atoms with Gasteiger partial charge in [-0.15, -0.1) is 11.3 Å². The Bertz CT molecular complexity index is 703. The monoisotopic (exact) mass is 364 g/mol. The zero-order valence-corrected chi connectivity index (χ0v) is 13.5. The summed E-state index contributed by atoms with van der Waals surface area (Å²) in [5.74, 6) is -0.0913. The number of rotatable bonds is 3. The van der Waals surface area contributed by atoms with Gasteiger partial charge in [-0.3, -0.25) is 4.79 Å². The number of nitrogens with zero attached hydrogens (tertiary/aromatic N) is 1. The van der Waals surface area contributed by atoms with Crippen LogP contribution in [-0.4, -0.2) is 17.2 Å². The third-order valence-electron chi connectivity index (χ3n) is 3.33. The molecule has 1 aliphatic carbocycles. The van der Waals surface area contributed by atoms with E-state index >= 15 is 0 Å². The smallest absolute Gasteiger partial charge is 0.281 e. The van der Waals surface area contributed by atoms with Crippen LogP contribution in [0.25, 0.3) is 0 Å². The number of phenolic OH excluding ortho intramolecular Hbond substituents is 1. The molecule has 1 amide bonds. The number of hydrazone groups is 1. The van der Waals surface area contributed by atoms with Gasteiger partial charge in [-0.2, -0.15) is 5.10 Å². The maximum absolute atomic E-state index is 12.0. The van der Waals surface area contributed by atoms with Gasteiger partial charge in [0.25, 0.3) is 5.91 Å². The minimum Gasteiger partial charge on any atom is -0.507 e. The van der Waals surface area contributed by atoms with Gasteiger partial charge in [0.2, 0.25) is 0 Å². The van der Waals surface area contributed by atoms with Crippen molar-refractivity contribution in [2.24, 2.45) is 5.10 Å². The fourth-order valence-corrected chi connectivity index (χ4v) is 3.81. The molecule has 0 saturated carbocycles. The lowest BCUT2D eigenvalue weighted by atomic mass is 10.2. The van der Waals surface area contributed by atoms with Gasteiger partial charge in [0.1, 0.15) is 5.75 Å². The molecule has 3 rings (SSSR count). The molecule has 6 heteroatoms. The van der Waals surface area contributed by atoms with Crippen molar-refractivity contribution in [3.05, 3.63) is 49.6 Å². The first-order valence-electron chi connectivity index (χ1n) is 6.57. The minimum absolute atomic E-state index is 0.117. The molecule has 1 heterocycles. The fraction of sp³-hybridized carbons (Fsp3) is 0.200. The second-order valence-corrected chi connectivity index (χ2v) is 6.87. The molecule has 0 bridgehead atoms. The molecule has 108 valence electrons. The van der Waals surface area contributed by atoms with E-state index in [-0.39, 0.29) is 11.7 Å². The first-order valence-corrected chi connectivity index (χ1v) is 8.18. The Labute approximate surface area is 134 Å². The van der Waals surface area contributed by atoms with E-state index in [1.165, 1.54) is 34.4 Å². The molecule has 0 unspecified atom stereocenters. The Balaban J connectivity index is 1.67. The summed E-state index contributed by atoms with van der Waals surface area (Å²) in [6, 6.07) is 6.98. The molecule has 1 aliphatic rings. The highest BCUT2D eigenvalue weighted by Crippen LogP contribution is 2.30. The largest absolute Gasteiger partial charge is 0.507 e. The molecule has 21 heavy (non-hydrogen) atoms. The summed E-state index contributed by atoms with van der Waals surface area (Å²) in [5, 5.41) is 13.6. The summed E-state index contributed by atoms with van der Waals surface area (Å²) in [6.45, 7) is 0. The van der Waals surface area contributed by atoms with Gasteiger partial charge in [-0.05, 0) is 49.1 Å². The molecule has 0 fully saturated rings. The van der Waals surface area contributed by atoms with E-state index in [9.17, 15) is 9.90 Å². The number of carbonyl (C=O) groups is 1. The van der Waals surface area contributed by atoms with E-state index in [1.807, 2.05) is 6.07 Å². The molecular weight excluding hydrogens is 352 g/mol. The van der Waals surface area contributed by atoms with Crippen LogP contribution in [0, 0.1) is 0 Å². The summed E-state index contributed by atoms with van der Waals surface area (Å²) >= 11 is 4.86. The molecule has 2 aromatic rings. The predicted molar refractivity (Wildman–Crippen MR) is 87.2 cm³/mol. The van der Waals surface area contributed by atoms with E-state index in [4.69, 9.17) is 0 Å². The van der Waals surface area contributed by atoms with E-state index in [0.29, 0.717) is 10.4 Å². The summed E-state index contributed by atoms with van der Waals surface area (Å²) in [6.07, 6.45) is 4.75. The van der Waals surface area contributed by atoms with Crippen molar-refractivity contribution < 1.29 is 9.90 Å². The van der Waals surface area contributed by atoms with Crippen molar-refractivity contribution in [2.75, 3.05) is 0 Å². The van der Waals surface area contributed by atoms with Crippen LogP contribution in [0.5, 0.6) is 5.75 Å². The highest BCUT2D eigenvalue weighted by atomic mass is 79.9. The van der Waals surface area contributed by atoms with Crippen LogP contribution in [0.3, 0.4) is 0 Å². The second-order valence-electron chi connectivity index (χ2n) is 4.81. The lowest BCUT2D eigenvalue weighted by Crippen LogP contribution is -2.16. The summed E-state index contributed by atoms with van der Waals surface area (Å²) < 4.78 is 0.836. The molecule has 4 nitrogen and oxygen atoms in total. The number of benzene rings is 1. The summed E-state index contributed by atoms with van der Waals surface area (Å²) in [7, 11) is 0. The highest BCUT2D eigenvalue weighted by molar-refractivity contribution is 9.10. The van der Waals surface area contributed by atoms with Crippen molar-refractivity contribution in [3.8, 4) is 5.75 Å². The molecule has 1 aromatic carbocycles. The van der Waals surface area contributed by atoms with Crippen LogP contribution in [-0.2, 0) is 12.8 Å². The topological polar surface area (TPSA) is 61.7 Å². The lowest BCUT2D eigenvalue weighted by Gasteiger charge is -2.00. The summed E-state index contributed by atoms with van der Waals surface area (Å²) in [4.78, 5) is 14.0. The first kappa shape index (κ1) is 14.3. The van der Waals surface area contributed by atoms with Crippen molar-refractivity contribution in [1.29, 1.82) is 0 Å². The standard InChI is InChI=1S/C15H13BrN2O2S/c16-11-4-5-12(19)10(6-11)8-17-18-15(20)14-7-9-2-1-3-13(9)21-14/h4-8,19H,1-3H2,(H,18,20)/b17-8+. The van der Waals surface area contributed by atoms with Gasteiger partial charge >= 0.3 is 0 Å². The Hall–Kier alpha value is -1.66. The molecule has 2 N–H and O–H groups in total. The molecular formula is C15H13BrN2O2S. The van der Waals surface area contributed by atoms with Crippen molar-refractivity contribution >= 4 is 39.4 Å². The predicted octanol–water partition coefficient (Wildman–Crippen LogP) is 3.47. The van der Waals surface area contributed by atoms with Crippen LogP contribution in [0.1, 0.15) is 32.1 Å². The maximum atomic E-state index is 12.0. The van der Waals surface area contributed by atoms with Gasteiger partial charge < -0.3 is 5.11 Å². The normalized spacial score (nSPS) is 13.6. The number of amides is 1. The molecule has 0 atom stereocenters. The number of hydrogen-bond acceptors (Lipinski definition) is 4. The maximum Gasteiger partial charge on any atom is 0.281 e. The van der Waals surface area contributed by atoms with Crippen molar-refractivity contribution in [1.82, 2.24) is 5.43 Å². The number of halogens is 1. The number of aryl methyl sites for hydroxylation is 2. The van der Waals surface area contributed by atoms with Gasteiger partial charge in [0.05, 0.1) is 11.1 Å². The average molecular weight is 365 g/mol. The number of phenols is 1. The quantitative estimate of drug-likeness (QED) is 0.646. The van der Waals surface area contributed by atoms with Crippen LogP contribution < -0.4 is 5.43 Å². The average Bonchev–Trinajstić information content (AvgIpc) is 3.03. The third kappa shape index (κ3) is 3.16. The number of aromatic hydroxyl groups is 1. The molecule has 0 saturated heterocycles. The number of thiophene rings is 1. The van der Waals surface area contributed by atoms with Crippen LogP contribution in [0.2, 0.25) is 0 Å². The van der Waals surface area contributed by atoms with Crippen LogP contribution >= 0.6 is 27.3 Å². The van der Waals surface area contributed by atoms with E-state index < -0.39 is 0 Å². The number of carbonyl (C=O) groups excluding carboxylic acids is 1. The minimum atomic E-state index is -0.208. The molecule has 0 spiro atoms. The fourth-order valence-electron chi connectivity index (χ4n) is 2.29. The van der Waals surface area contributed by atoms with Gasteiger partial charge in [0, 0.05) is 14.9 Å². The van der Waals surface area contributed by atoms with Crippen LogP contribution in [0.4, 0.5) is 0 Å². The third-order valence-corrected chi connectivity index (χ3v) is 5.06. The Morgan fingerprint density at radius 2 is 2.24 bits per heavy atom. The summed E-state index contributed by atoms with van der Waals surface area (Å²) in [5.41, 5.74) is 4.33. The molecule has 0 radical (unpaired) electrons. The van der Waals surface area contributed by atoms with Gasteiger partial charge in [0.15, 0.2) is 0 Å². The Morgan fingerprint density at radius 1 is 1.38 bits per heavy atom. The zero-order chi connectivity index (χ0) is 14.8. The number of nitrogens with one attached hydrogen (secondary N) is 1. The Morgan fingerprint density at radius 3 is 3.05 bits per heavy atom. The van der Waals surface area contributed by atoms with E-state index in [1.54, 1.807) is 18.2 Å². The van der Waals surface area contributed by atoms with Crippen molar-refractivity contribution in [3.63, 3.8) is 0 Å².